The van der Waals surface area contributed by atoms with E-state index in [9.17, 15) is 4.79 Å². The first kappa shape index (κ1) is 11.2. The number of nitrogens with zero attached hydrogens (tertiary/aromatic N) is 2. The summed E-state index contributed by atoms with van der Waals surface area (Å²) < 4.78 is 0. The van der Waals surface area contributed by atoms with Gasteiger partial charge in [-0.25, -0.2) is 0 Å². The number of pyridine rings is 1. The number of hydrogen-bond donors (Lipinski definition) is 1. The van der Waals surface area contributed by atoms with Crippen LogP contribution >= 0.6 is 11.3 Å². The smallest absolute Gasteiger partial charge is 0.257 e. The van der Waals surface area contributed by atoms with Gasteiger partial charge in [-0.05, 0) is 29.5 Å². The number of fused-ring (bicyclic) bond motifs is 1. The second-order valence-corrected chi connectivity index (χ2v) is 5.31. The van der Waals surface area contributed by atoms with E-state index in [0.29, 0.717) is 17.8 Å². The molecule has 0 aromatic carbocycles. The van der Waals surface area contributed by atoms with Crippen molar-refractivity contribution in [2.24, 2.45) is 0 Å². The van der Waals surface area contributed by atoms with E-state index >= 15 is 0 Å². The summed E-state index contributed by atoms with van der Waals surface area (Å²) in [4.78, 5) is 19.6. The maximum Gasteiger partial charge on any atom is 0.257 e. The second kappa shape index (κ2) is 4.42. The molecule has 3 rings (SSSR count). The molecule has 2 aromatic heterocycles. The summed E-state index contributed by atoms with van der Waals surface area (Å²) in [7, 11) is 0. The molecule has 0 saturated carbocycles. The van der Waals surface area contributed by atoms with Crippen molar-refractivity contribution < 1.29 is 4.79 Å². The highest BCUT2D eigenvalue weighted by atomic mass is 32.1. The molecule has 3 heterocycles. The van der Waals surface area contributed by atoms with Crippen LogP contribution in [-0.4, -0.2) is 22.3 Å². The zero-order valence-electron chi connectivity index (χ0n) is 9.80. The highest BCUT2D eigenvalue weighted by molar-refractivity contribution is 7.10. The number of thiophene rings is 1. The zero-order chi connectivity index (χ0) is 12.5. The van der Waals surface area contributed by atoms with Crippen molar-refractivity contribution in [1.82, 2.24) is 9.88 Å². The Morgan fingerprint density at radius 2 is 2.33 bits per heavy atom. The van der Waals surface area contributed by atoms with Crippen LogP contribution in [0.15, 0.2) is 29.9 Å². The van der Waals surface area contributed by atoms with Crippen LogP contribution in [0.4, 0.5) is 5.69 Å². The predicted octanol–water partition coefficient (Wildman–Crippen LogP) is 1.92. The van der Waals surface area contributed by atoms with Gasteiger partial charge >= 0.3 is 0 Å². The fourth-order valence-corrected chi connectivity index (χ4v) is 3.07. The van der Waals surface area contributed by atoms with Gasteiger partial charge in [-0.1, -0.05) is 0 Å². The van der Waals surface area contributed by atoms with Crippen molar-refractivity contribution >= 4 is 22.9 Å². The van der Waals surface area contributed by atoms with Crippen molar-refractivity contribution in [2.45, 2.75) is 13.0 Å². The number of nitrogen functional groups attached to an aromatic ring is 1. The van der Waals surface area contributed by atoms with Crippen molar-refractivity contribution in [2.75, 3.05) is 12.3 Å². The van der Waals surface area contributed by atoms with Gasteiger partial charge in [-0.3, -0.25) is 9.78 Å². The third kappa shape index (κ3) is 1.86. The molecule has 92 valence electrons. The van der Waals surface area contributed by atoms with Crippen molar-refractivity contribution in [3.8, 4) is 0 Å². The summed E-state index contributed by atoms with van der Waals surface area (Å²) in [5.74, 6) is -0.0301. The Bertz CT molecular complexity index is 593. The van der Waals surface area contributed by atoms with Gasteiger partial charge in [0.1, 0.15) is 0 Å². The number of carbonyl (C=O) groups excluding carboxylic acids is 1. The number of rotatable bonds is 1. The third-order valence-corrected chi connectivity index (χ3v) is 4.20. The van der Waals surface area contributed by atoms with Crippen LogP contribution in [0.25, 0.3) is 0 Å². The topological polar surface area (TPSA) is 59.2 Å². The Morgan fingerprint density at radius 3 is 3.17 bits per heavy atom. The minimum Gasteiger partial charge on any atom is -0.398 e. The summed E-state index contributed by atoms with van der Waals surface area (Å²) in [6.45, 7) is 1.42. The van der Waals surface area contributed by atoms with Crippen LogP contribution in [0.5, 0.6) is 0 Å². The first-order valence-electron chi connectivity index (χ1n) is 5.79. The summed E-state index contributed by atoms with van der Waals surface area (Å²) >= 11 is 1.76. The lowest BCUT2D eigenvalue weighted by Gasteiger charge is -2.27. The summed E-state index contributed by atoms with van der Waals surface area (Å²) in [6.07, 6.45) is 4.07. The van der Waals surface area contributed by atoms with Gasteiger partial charge in [-0.15, -0.1) is 11.3 Å². The number of carbonyl (C=O) groups is 1. The van der Waals surface area contributed by atoms with E-state index in [-0.39, 0.29) is 5.91 Å². The molecule has 0 unspecified atom stereocenters. The van der Waals surface area contributed by atoms with Gasteiger partial charge in [-0.2, -0.15) is 0 Å². The minimum absolute atomic E-state index is 0.0301. The molecule has 0 spiro atoms. The van der Waals surface area contributed by atoms with Crippen LogP contribution in [0.2, 0.25) is 0 Å². The van der Waals surface area contributed by atoms with E-state index in [1.54, 1.807) is 29.8 Å². The van der Waals surface area contributed by atoms with Gasteiger partial charge < -0.3 is 10.6 Å². The van der Waals surface area contributed by atoms with E-state index in [4.69, 9.17) is 5.73 Å². The molecule has 2 aromatic rings. The van der Waals surface area contributed by atoms with Gasteiger partial charge in [0, 0.05) is 36.0 Å². The zero-order valence-corrected chi connectivity index (χ0v) is 10.6. The maximum absolute atomic E-state index is 12.4. The monoisotopic (exact) mass is 259 g/mol. The van der Waals surface area contributed by atoms with Crippen LogP contribution in [0.1, 0.15) is 20.8 Å². The molecule has 1 aliphatic rings. The average molecular weight is 259 g/mol. The van der Waals surface area contributed by atoms with E-state index in [2.05, 4.69) is 16.4 Å². The largest absolute Gasteiger partial charge is 0.398 e. The lowest BCUT2D eigenvalue weighted by molar-refractivity contribution is 0.0736. The fourth-order valence-electron chi connectivity index (χ4n) is 2.18. The molecular formula is C13H13N3OS. The fraction of sp³-hybridized carbons (Fsp3) is 0.231. The Kier molecular flexibility index (Phi) is 2.76. The molecule has 18 heavy (non-hydrogen) atoms. The SMILES string of the molecule is Nc1ccncc1C(=O)N1CCc2sccc2C1. The molecule has 1 amide bonds. The number of aromatic nitrogens is 1. The third-order valence-electron chi connectivity index (χ3n) is 3.18. The van der Waals surface area contributed by atoms with Gasteiger partial charge in [0.2, 0.25) is 0 Å². The summed E-state index contributed by atoms with van der Waals surface area (Å²) in [5.41, 5.74) is 8.06. The average Bonchev–Trinajstić information content (AvgIpc) is 2.85. The highest BCUT2D eigenvalue weighted by Gasteiger charge is 2.23. The van der Waals surface area contributed by atoms with E-state index < -0.39 is 0 Å². The molecule has 1 aliphatic heterocycles. The number of hydrogen-bond acceptors (Lipinski definition) is 4. The highest BCUT2D eigenvalue weighted by Crippen LogP contribution is 2.25. The molecule has 0 fully saturated rings. The van der Waals surface area contributed by atoms with Crippen LogP contribution in [0, 0.1) is 0 Å². The molecular weight excluding hydrogens is 246 g/mol. The van der Waals surface area contributed by atoms with E-state index in [1.165, 1.54) is 10.4 Å². The minimum atomic E-state index is -0.0301. The molecule has 2 N–H and O–H groups in total. The van der Waals surface area contributed by atoms with E-state index in [1.807, 2.05) is 4.90 Å². The lowest BCUT2D eigenvalue weighted by Crippen LogP contribution is -2.35. The molecule has 0 bridgehead atoms. The Balaban J connectivity index is 1.85. The van der Waals surface area contributed by atoms with Gasteiger partial charge in [0.15, 0.2) is 0 Å². The lowest BCUT2D eigenvalue weighted by atomic mass is 10.1. The van der Waals surface area contributed by atoms with Crippen LogP contribution in [-0.2, 0) is 13.0 Å². The van der Waals surface area contributed by atoms with Crippen LogP contribution < -0.4 is 5.73 Å². The Morgan fingerprint density at radius 1 is 1.44 bits per heavy atom. The Labute approximate surface area is 109 Å². The van der Waals surface area contributed by atoms with Crippen LogP contribution in [0.3, 0.4) is 0 Å². The maximum atomic E-state index is 12.4. The van der Waals surface area contributed by atoms with Crippen molar-refractivity contribution in [3.05, 3.63) is 45.9 Å². The molecule has 0 atom stereocenters. The quantitative estimate of drug-likeness (QED) is 0.851. The molecule has 4 nitrogen and oxygen atoms in total. The number of anilines is 1. The standard InChI is InChI=1S/C13H13N3OS/c14-11-1-4-15-7-10(11)13(17)16-5-2-12-9(8-16)3-6-18-12/h1,3-4,6-7H,2,5,8H2,(H2,14,15). The molecule has 5 heteroatoms. The van der Waals surface area contributed by atoms with Gasteiger partial charge in [0.05, 0.1) is 5.56 Å². The molecule has 0 saturated heterocycles. The first-order valence-corrected chi connectivity index (χ1v) is 6.67. The second-order valence-electron chi connectivity index (χ2n) is 4.31. The van der Waals surface area contributed by atoms with Crippen molar-refractivity contribution in [1.29, 1.82) is 0 Å². The summed E-state index contributed by atoms with van der Waals surface area (Å²) in [5, 5.41) is 2.08. The van der Waals surface area contributed by atoms with Gasteiger partial charge in [0.25, 0.3) is 5.91 Å². The Hall–Kier alpha value is -1.88. The van der Waals surface area contributed by atoms with E-state index in [0.717, 1.165) is 13.0 Å². The number of amides is 1. The summed E-state index contributed by atoms with van der Waals surface area (Å²) in [6, 6.07) is 3.75. The normalized spacial score (nSPS) is 14.3. The molecule has 0 aliphatic carbocycles. The van der Waals surface area contributed by atoms with Crippen molar-refractivity contribution in [3.63, 3.8) is 0 Å². The number of nitrogens with two attached hydrogens (primary N) is 1. The predicted molar refractivity (Wildman–Crippen MR) is 71.4 cm³/mol. The first-order chi connectivity index (χ1) is 8.75. The molecule has 0 radical (unpaired) electrons.